The van der Waals surface area contributed by atoms with Crippen molar-refractivity contribution in [3.05, 3.63) is 0 Å². The van der Waals surface area contributed by atoms with E-state index in [9.17, 15) is 28.8 Å². The monoisotopic (exact) mass is 699 g/mol. The van der Waals surface area contributed by atoms with E-state index in [4.69, 9.17) is 4.74 Å². The Morgan fingerprint density at radius 2 is 0.388 bits per heavy atom. The predicted molar refractivity (Wildman–Crippen MR) is 197 cm³/mol. The molecule has 0 radical (unpaired) electrons. The van der Waals surface area contributed by atoms with Crippen LogP contribution in [-0.4, -0.2) is 35.8 Å². The minimum Gasteiger partial charge on any atom is -0.393 e. The molecule has 0 aromatic rings. The predicted octanol–water partition coefficient (Wildman–Crippen LogP) is 11.2. The van der Waals surface area contributed by atoms with Gasteiger partial charge < -0.3 is 14.2 Å². The zero-order valence-electron chi connectivity index (χ0n) is 32.5. The first-order valence-electron chi connectivity index (χ1n) is 19.8. The Kier molecular flexibility index (Phi) is 43.1. The van der Waals surface area contributed by atoms with E-state index >= 15 is 0 Å². The van der Waals surface area contributed by atoms with Crippen LogP contribution in [0.1, 0.15) is 221 Å². The molecule has 0 saturated heterocycles. The van der Waals surface area contributed by atoms with Gasteiger partial charge in [0.2, 0.25) is 0 Å². The molecule has 0 heterocycles. The van der Waals surface area contributed by atoms with Gasteiger partial charge in [0.15, 0.2) is 0 Å². The van der Waals surface area contributed by atoms with Crippen molar-refractivity contribution in [3.8, 4) is 0 Å². The Bertz CT molecular complexity index is 717. The van der Waals surface area contributed by atoms with E-state index in [1.807, 2.05) is 0 Å². The highest BCUT2D eigenvalue weighted by Gasteiger charge is 2.11. The van der Waals surface area contributed by atoms with E-state index in [1.54, 1.807) is 0 Å². The minimum atomic E-state index is -0.370. The van der Waals surface area contributed by atoms with Crippen molar-refractivity contribution in [1.82, 2.24) is 0 Å². The molecule has 0 spiro atoms. The van der Waals surface area contributed by atoms with Crippen LogP contribution in [0.4, 0.5) is 0 Å². The summed E-state index contributed by atoms with van der Waals surface area (Å²) in [4.78, 5) is 67.2. The molecule has 9 nitrogen and oxygen atoms in total. The van der Waals surface area contributed by atoms with E-state index < -0.39 is 0 Å². The molecule has 0 aromatic heterocycles. The van der Waals surface area contributed by atoms with E-state index in [0.717, 1.165) is 116 Å². The average molecular weight is 699 g/mol. The molecular weight excluding hydrogens is 624 g/mol. The van der Waals surface area contributed by atoms with Gasteiger partial charge in [-0.15, -0.1) is 0 Å². The van der Waals surface area contributed by atoms with Gasteiger partial charge in [-0.3, -0.25) is 28.8 Å². The van der Waals surface area contributed by atoms with Gasteiger partial charge in [-0.2, -0.15) is 0 Å². The fourth-order valence-corrected chi connectivity index (χ4v) is 4.51. The first kappa shape index (κ1) is 50.8. The third-order valence-electron chi connectivity index (χ3n) is 7.59. The molecule has 0 N–H and O–H groups in total. The highest BCUT2D eigenvalue weighted by atomic mass is 16.6. The lowest BCUT2D eigenvalue weighted by Crippen LogP contribution is -2.11. The van der Waals surface area contributed by atoms with Gasteiger partial charge in [0.1, 0.15) is 0 Å². The Labute approximate surface area is 299 Å². The zero-order chi connectivity index (χ0) is 37.4. The molecule has 0 aromatic carbocycles. The topological polar surface area (TPSA) is 130 Å². The van der Waals surface area contributed by atoms with E-state index in [0.29, 0.717) is 38.5 Å². The van der Waals surface area contributed by atoms with Gasteiger partial charge in [-0.1, -0.05) is 144 Å². The van der Waals surface area contributed by atoms with Crippen LogP contribution in [0.3, 0.4) is 0 Å². The van der Waals surface area contributed by atoms with Gasteiger partial charge in [0, 0.05) is 38.5 Å². The van der Waals surface area contributed by atoms with Crippen LogP contribution in [0.5, 0.6) is 0 Å². The molecule has 0 fully saturated rings. The van der Waals surface area contributed by atoms with Gasteiger partial charge in [-0.25, -0.2) is 0 Å². The Morgan fingerprint density at radius 1 is 0.245 bits per heavy atom. The summed E-state index contributed by atoms with van der Waals surface area (Å²) < 4.78 is 14.1. The molecule has 0 aliphatic rings. The molecular formula is C40H74O9. The fourth-order valence-electron chi connectivity index (χ4n) is 4.51. The number of hydrogen-bond donors (Lipinski definition) is 0. The van der Waals surface area contributed by atoms with Gasteiger partial charge in [-0.05, 0) is 38.5 Å². The van der Waals surface area contributed by atoms with Crippen molar-refractivity contribution >= 4 is 35.8 Å². The van der Waals surface area contributed by atoms with Crippen molar-refractivity contribution in [2.24, 2.45) is 0 Å². The van der Waals surface area contributed by atoms with Crippen LogP contribution >= 0.6 is 0 Å². The highest BCUT2D eigenvalue weighted by molar-refractivity contribution is 5.86. The van der Waals surface area contributed by atoms with Crippen LogP contribution in [-0.2, 0) is 43.0 Å². The molecule has 0 saturated carbocycles. The molecule has 0 bridgehead atoms. The highest BCUT2D eigenvalue weighted by Crippen LogP contribution is 2.09. The molecule has 0 atom stereocenters. The number of unbranched alkanes of at least 4 members (excludes halogenated alkanes) is 16. The normalized spacial score (nSPS) is 10.2. The van der Waals surface area contributed by atoms with Gasteiger partial charge in [0.25, 0.3) is 0 Å². The van der Waals surface area contributed by atoms with Crippen LogP contribution in [0.25, 0.3) is 0 Å². The Balaban J connectivity index is -0.000000655. The number of ether oxygens (including phenoxy) is 3. The molecule has 0 amide bonds. The third kappa shape index (κ3) is 45.4. The van der Waals surface area contributed by atoms with Crippen molar-refractivity contribution in [2.75, 3.05) is 0 Å². The SMILES string of the molecule is CCCCCC(=O)OC(=O)CCCCC.CCCCCC(=O)OC(=O)CCCCC.CCCCCCCC(=O)OC(=O)CCCCCCC. The molecule has 288 valence electrons. The number of esters is 6. The lowest BCUT2D eigenvalue weighted by Gasteiger charge is -2.03. The summed E-state index contributed by atoms with van der Waals surface area (Å²) in [7, 11) is 0. The van der Waals surface area contributed by atoms with Crippen LogP contribution < -0.4 is 0 Å². The summed E-state index contributed by atoms with van der Waals surface area (Å²) in [5.41, 5.74) is 0. The summed E-state index contributed by atoms with van der Waals surface area (Å²) >= 11 is 0. The third-order valence-corrected chi connectivity index (χ3v) is 7.59. The van der Waals surface area contributed by atoms with Gasteiger partial charge >= 0.3 is 35.8 Å². The number of carbonyl (C=O) groups is 6. The maximum atomic E-state index is 11.4. The molecule has 49 heavy (non-hydrogen) atoms. The van der Waals surface area contributed by atoms with Crippen molar-refractivity contribution in [3.63, 3.8) is 0 Å². The number of rotatable bonds is 28. The van der Waals surface area contributed by atoms with E-state index in [-0.39, 0.29) is 35.8 Å². The molecule has 0 aliphatic heterocycles. The molecule has 9 heteroatoms. The lowest BCUT2D eigenvalue weighted by atomic mass is 10.1. The van der Waals surface area contributed by atoms with E-state index in [1.165, 1.54) is 25.7 Å². The lowest BCUT2D eigenvalue weighted by molar-refractivity contribution is -0.161. The Hall–Kier alpha value is -2.58. The molecule has 0 rings (SSSR count). The van der Waals surface area contributed by atoms with Crippen molar-refractivity contribution < 1.29 is 43.0 Å². The van der Waals surface area contributed by atoms with E-state index in [2.05, 4.69) is 51.0 Å². The summed E-state index contributed by atoms with van der Waals surface area (Å²) in [6.07, 6.45) is 24.7. The quantitative estimate of drug-likeness (QED) is 0.0339. The van der Waals surface area contributed by atoms with Crippen LogP contribution in [0.15, 0.2) is 0 Å². The second kappa shape index (κ2) is 41.6. The fraction of sp³-hybridized carbons (Fsp3) is 0.850. The number of hydrogen-bond acceptors (Lipinski definition) is 9. The Morgan fingerprint density at radius 3 is 0.571 bits per heavy atom. The molecule has 0 unspecified atom stereocenters. The summed E-state index contributed by atoms with van der Waals surface area (Å²) in [6.45, 7) is 12.6. The van der Waals surface area contributed by atoms with Crippen LogP contribution in [0.2, 0.25) is 0 Å². The second-order valence-electron chi connectivity index (χ2n) is 12.7. The first-order valence-corrected chi connectivity index (χ1v) is 19.8. The summed E-state index contributed by atoms with van der Waals surface area (Å²) in [5.74, 6) is -2.19. The second-order valence-corrected chi connectivity index (χ2v) is 12.7. The van der Waals surface area contributed by atoms with Crippen LogP contribution in [0, 0.1) is 0 Å². The summed E-state index contributed by atoms with van der Waals surface area (Å²) in [5, 5.41) is 0. The average Bonchev–Trinajstić information content (AvgIpc) is 3.05. The maximum absolute atomic E-state index is 11.4. The summed E-state index contributed by atoms with van der Waals surface area (Å²) in [6, 6.07) is 0. The van der Waals surface area contributed by atoms with Crippen molar-refractivity contribution in [1.29, 1.82) is 0 Å². The zero-order valence-corrected chi connectivity index (χ0v) is 32.5. The number of carbonyl (C=O) groups excluding carboxylic acids is 6. The van der Waals surface area contributed by atoms with Gasteiger partial charge in [0.05, 0.1) is 0 Å². The first-order chi connectivity index (χ1) is 23.6. The standard InChI is InChI=1S/C16H30O3.2C12H22O3/c1-3-5-7-9-11-13-15(17)19-16(18)14-12-10-8-6-4-2;2*1-3-5-7-9-11(13)15-12(14)10-8-6-4-2/h3-14H2,1-2H3;2*3-10H2,1-2H3. The molecule has 0 aliphatic carbocycles. The smallest absolute Gasteiger partial charge is 0.313 e. The largest absolute Gasteiger partial charge is 0.393 e. The van der Waals surface area contributed by atoms with Crippen molar-refractivity contribution in [2.45, 2.75) is 221 Å². The minimum absolute atomic E-state index is 0.352. The maximum Gasteiger partial charge on any atom is 0.313 e.